The molecule has 1 saturated heterocycles. The second kappa shape index (κ2) is 9.37. The monoisotopic (exact) mass is 389 g/mol. The summed E-state index contributed by atoms with van der Waals surface area (Å²) < 4.78 is 28.5. The maximum Gasteiger partial charge on any atom is 0.351 e. The Bertz CT molecular complexity index is 643. The highest BCUT2D eigenvalue weighted by molar-refractivity contribution is 7.46. The maximum absolute atomic E-state index is 11.5. The molecule has 1 aromatic rings. The molecule has 0 spiro atoms. The second-order valence-electron chi connectivity index (χ2n) is 4.40. The fourth-order valence-corrected chi connectivity index (χ4v) is 2.40. The third kappa shape index (κ3) is 5.74. The van der Waals surface area contributed by atoms with Crippen molar-refractivity contribution in [2.45, 2.75) is 24.5 Å². The normalized spacial score (nSPS) is 28.7. The number of nitrogens with zero attached hydrogens (tertiary/aromatic N) is 2. The van der Waals surface area contributed by atoms with Gasteiger partial charge in [-0.25, -0.2) is 9.11 Å². The molecule has 2 unspecified atom stereocenters. The summed E-state index contributed by atoms with van der Waals surface area (Å²) in [4.78, 5) is 30.4. The van der Waals surface area contributed by atoms with Crippen molar-refractivity contribution in [2.75, 3.05) is 12.3 Å². The third-order valence-corrected chi connectivity index (χ3v) is 4.21. The van der Waals surface area contributed by atoms with E-state index >= 15 is 0 Å². The van der Waals surface area contributed by atoms with Gasteiger partial charge >= 0.3 is 22.2 Å². The lowest BCUT2D eigenvalue weighted by Crippen LogP contribution is -2.36. The van der Waals surface area contributed by atoms with E-state index in [9.17, 15) is 24.1 Å². The lowest BCUT2D eigenvalue weighted by molar-refractivity contribution is -0.0549. The summed E-state index contributed by atoms with van der Waals surface area (Å²) in [6, 6.07) is 1.37. The average Bonchev–Trinajstić information content (AvgIpc) is 2.74. The highest BCUT2D eigenvalue weighted by Gasteiger charge is 2.43. The van der Waals surface area contributed by atoms with E-state index in [1.54, 1.807) is 0 Å². The zero-order chi connectivity index (χ0) is 18.4. The summed E-state index contributed by atoms with van der Waals surface area (Å²) in [6.07, 6.45) is -3.27. The van der Waals surface area contributed by atoms with Crippen LogP contribution in [-0.2, 0) is 18.2 Å². The molecule has 1 aliphatic heterocycles. The van der Waals surface area contributed by atoms with Crippen LogP contribution < -0.4 is 11.4 Å². The molecule has 0 radical (unpaired) electrons. The summed E-state index contributed by atoms with van der Waals surface area (Å²) in [5.41, 5.74) is 4.63. The van der Waals surface area contributed by atoms with Gasteiger partial charge in [0, 0.05) is 6.20 Å². The molecule has 1 aliphatic rings. The number of aliphatic hydroxyl groups excluding tert-OH is 3. The molecule has 1 aromatic heterocycles. The fraction of sp³-hybridized carbons (Fsp3) is 0.556. The lowest BCUT2D eigenvalue weighted by Gasteiger charge is -2.16. The number of hydrogen-bond donors (Lipinski definition) is 6. The number of nitrogens with two attached hydrogens (primary N) is 1. The highest BCUT2D eigenvalue weighted by Crippen LogP contribution is 2.30. The summed E-state index contributed by atoms with van der Waals surface area (Å²) in [5.74, 6) is 0.0537. The van der Waals surface area contributed by atoms with E-state index in [1.165, 1.54) is 12.3 Å². The number of hydrogen-bond acceptors (Lipinski definition) is 10. The first-order valence-corrected chi connectivity index (χ1v) is 8.81. The van der Waals surface area contributed by atoms with Crippen LogP contribution in [0.5, 0.6) is 0 Å². The minimum absolute atomic E-state index is 0.0537. The van der Waals surface area contributed by atoms with Gasteiger partial charge in [0.1, 0.15) is 24.1 Å². The van der Waals surface area contributed by atoms with Gasteiger partial charge in [0.05, 0.1) is 6.61 Å². The molecule has 1 fully saturated rings. The smallest absolute Gasteiger partial charge is 0.351 e. The Labute approximate surface area is 135 Å². The molecule has 0 amide bonds. The molecule has 6 atom stereocenters. The number of rotatable bonds is 4. The lowest BCUT2D eigenvalue weighted by atomic mass is 10.1. The molecule has 13 nitrogen and oxygen atoms in total. The van der Waals surface area contributed by atoms with Gasteiger partial charge in [0.25, 0.3) is 0 Å². The molecule has 0 bridgehead atoms. The van der Waals surface area contributed by atoms with Crippen molar-refractivity contribution in [1.29, 1.82) is 0 Å². The summed E-state index contributed by atoms with van der Waals surface area (Å²) in [7, 11) is -6.40. The molecule has 2 heterocycles. The Balaban J connectivity index is 0.000000351. The van der Waals surface area contributed by atoms with Gasteiger partial charge in [-0.1, -0.05) is 0 Å². The number of aliphatic hydroxyl groups is 3. The summed E-state index contributed by atoms with van der Waals surface area (Å²) in [5, 5.41) is 28.2. The largest absolute Gasteiger partial charge is 0.394 e. The predicted molar refractivity (Wildman–Crippen MR) is 79.4 cm³/mol. The van der Waals surface area contributed by atoms with Crippen molar-refractivity contribution in [3.05, 3.63) is 22.7 Å². The van der Waals surface area contributed by atoms with E-state index in [-0.39, 0.29) is 5.82 Å². The van der Waals surface area contributed by atoms with E-state index < -0.39 is 53.3 Å². The van der Waals surface area contributed by atoms with Gasteiger partial charge in [-0.15, -0.1) is 0 Å². The van der Waals surface area contributed by atoms with E-state index in [2.05, 4.69) is 9.29 Å². The molecule has 7 N–H and O–H groups in total. The van der Waals surface area contributed by atoms with Crippen LogP contribution in [0.15, 0.2) is 17.1 Å². The van der Waals surface area contributed by atoms with Crippen LogP contribution >= 0.6 is 16.5 Å². The van der Waals surface area contributed by atoms with Gasteiger partial charge in [-0.3, -0.25) is 13.7 Å². The van der Waals surface area contributed by atoms with Gasteiger partial charge in [0.15, 0.2) is 6.23 Å². The first-order valence-electron chi connectivity index (χ1n) is 6.28. The highest BCUT2D eigenvalue weighted by atomic mass is 31.2. The van der Waals surface area contributed by atoms with Crippen LogP contribution in [0.3, 0.4) is 0 Å². The van der Waals surface area contributed by atoms with Crippen molar-refractivity contribution < 1.29 is 43.3 Å². The Morgan fingerprint density at radius 2 is 1.88 bits per heavy atom. The SMILES string of the molecule is Nc1ccn([C@@H]2O[C@H](CO)[C@@H](O)[C@H]2O)c(=O)n1.O=[PH](O)O[PH](=O)O. The first-order chi connectivity index (χ1) is 11.2. The Hall–Kier alpha value is -1.14. The van der Waals surface area contributed by atoms with Crippen LogP contribution in [0.4, 0.5) is 5.82 Å². The minimum Gasteiger partial charge on any atom is -0.394 e. The molecule has 15 heteroatoms. The Morgan fingerprint density at radius 3 is 2.25 bits per heavy atom. The molecular weight excluding hydrogens is 372 g/mol. The number of aromatic nitrogens is 2. The van der Waals surface area contributed by atoms with Crippen LogP contribution in [0.2, 0.25) is 0 Å². The zero-order valence-corrected chi connectivity index (χ0v) is 13.9. The summed E-state index contributed by atoms with van der Waals surface area (Å²) >= 11 is 0. The van der Waals surface area contributed by atoms with Crippen molar-refractivity contribution in [1.82, 2.24) is 9.55 Å². The molecule has 0 aromatic carbocycles. The third-order valence-electron chi connectivity index (χ3n) is 2.82. The standard InChI is InChI=1S/C9H13N3O5.H4O5P2/c10-5-1-2-12(9(16)11-5)8-7(15)6(14)4(3-13)17-8;1-6(2)5-7(3)4/h1-2,4,6-8,13-15H,3H2,(H2,10,11,16);6-7H,(H,1,2)(H,3,4)/t4-,6-,7-,8-;/m1./s1. The quantitative estimate of drug-likeness (QED) is 0.288. The van der Waals surface area contributed by atoms with Crippen LogP contribution in [0, 0.1) is 0 Å². The van der Waals surface area contributed by atoms with E-state index in [4.69, 9.17) is 25.4 Å². The zero-order valence-electron chi connectivity index (χ0n) is 11.9. The Morgan fingerprint density at radius 1 is 1.29 bits per heavy atom. The number of ether oxygens (including phenoxy) is 1. The van der Waals surface area contributed by atoms with E-state index in [0.717, 1.165) is 4.57 Å². The van der Waals surface area contributed by atoms with Crippen molar-refractivity contribution >= 4 is 22.3 Å². The van der Waals surface area contributed by atoms with E-state index in [1.807, 2.05) is 0 Å². The molecule has 138 valence electrons. The van der Waals surface area contributed by atoms with Gasteiger partial charge in [0.2, 0.25) is 0 Å². The molecule has 0 aliphatic carbocycles. The van der Waals surface area contributed by atoms with E-state index in [0.29, 0.717) is 0 Å². The maximum atomic E-state index is 11.5. The molecule has 2 rings (SSSR count). The van der Waals surface area contributed by atoms with Crippen LogP contribution in [0.25, 0.3) is 0 Å². The average molecular weight is 389 g/mol. The fourth-order valence-electron chi connectivity index (χ4n) is 1.80. The van der Waals surface area contributed by atoms with Crippen LogP contribution in [-0.4, -0.2) is 59.6 Å². The molecular formula is C9H17N3O10P2. The second-order valence-corrected chi connectivity index (χ2v) is 6.29. The van der Waals surface area contributed by atoms with Crippen molar-refractivity contribution in [3.63, 3.8) is 0 Å². The first kappa shape index (κ1) is 20.9. The van der Waals surface area contributed by atoms with Gasteiger partial charge in [-0.05, 0) is 6.07 Å². The van der Waals surface area contributed by atoms with Gasteiger partial charge < -0.3 is 35.6 Å². The van der Waals surface area contributed by atoms with Gasteiger partial charge in [-0.2, -0.15) is 4.98 Å². The molecule has 0 saturated carbocycles. The van der Waals surface area contributed by atoms with Crippen molar-refractivity contribution in [3.8, 4) is 0 Å². The molecule has 24 heavy (non-hydrogen) atoms. The Kier molecular flexibility index (Phi) is 8.16. The van der Waals surface area contributed by atoms with Crippen molar-refractivity contribution in [2.24, 2.45) is 0 Å². The van der Waals surface area contributed by atoms with Crippen LogP contribution in [0.1, 0.15) is 6.23 Å². The summed E-state index contributed by atoms with van der Waals surface area (Å²) in [6.45, 7) is -0.453. The minimum atomic E-state index is -3.20. The number of anilines is 1. The predicted octanol–water partition coefficient (Wildman–Crippen LogP) is -2.80. The topological polar surface area (TPSA) is 215 Å². The number of nitrogen functional groups attached to an aromatic ring is 1.